The average molecular weight is 394 g/mol. The number of amides is 1. The number of carbonyl (C=O) groups excluding carboxylic acids is 1. The molecule has 1 aliphatic heterocycles. The first-order chi connectivity index (χ1) is 13.3. The van der Waals surface area contributed by atoms with E-state index in [1.807, 2.05) is 39.0 Å². The van der Waals surface area contributed by atoms with E-state index in [1.54, 1.807) is 0 Å². The van der Waals surface area contributed by atoms with Crippen molar-refractivity contribution < 1.29 is 4.79 Å². The van der Waals surface area contributed by atoms with E-state index in [9.17, 15) is 4.79 Å². The van der Waals surface area contributed by atoms with Crippen molar-refractivity contribution in [2.75, 3.05) is 5.32 Å². The summed E-state index contributed by atoms with van der Waals surface area (Å²) in [7, 11) is 0. The normalized spacial score (nSPS) is 16.6. The molecule has 1 unspecified atom stereocenters. The Morgan fingerprint density at radius 1 is 1.07 bits per heavy atom. The molecular formula is C23H27N3OS. The number of benzene rings is 2. The Morgan fingerprint density at radius 3 is 2.39 bits per heavy atom. The summed E-state index contributed by atoms with van der Waals surface area (Å²) in [6.07, 6.45) is 0. The number of thiocarbonyl (C=S) groups is 1. The Morgan fingerprint density at radius 2 is 1.75 bits per heavy atom. The molecule has 146 valence electrons. The van der Waals surface area contributed by atoms with Crippen LogP contribution >= 0.6 is 12.2 Å². The molecule has 0 radical (unpaired) electrons. The minimum Gasteiger partial charge on any atom is -0.351 e. The molecule has 0 aliphatic carbocycles. The fraction of sp³-hybridized carbons (Fsp3) is 0.304. The second kappa shape index (κ2) is 8.15. The molecule has 2 aromatic rings. The van der Waals surface area contributed by atoms with Gasteiger partial charge >= 0.3 is 0 Å². The maximum atomic E-state index is 13.2. The van der Waals surface area contributed by atoms with Crippen LogP contribution in [0.5, 0.6) is 0 Å². The van der Waals surface area contributed by atoms with Crippen molar-refractivity contribution in [3.05, 3.63) is 76.0 Å². The van der Waals surface area contributed by atoms with Crippen molar-refractivity contribution in [3.63, 3.8) is 0 Å². The molecule has 3 rings (SSSR count). The molecule has 2 aromatic carbocycles. The predicted octanol–water partition coefficient (Wildman–Crippen LogP) is 4.86. The second-order valence-electron chi connectivity index (χ2n) is 7.66. The van der Waals surface area contributed by atoms with Crippen molar-refractivity contribution in [1.82, 2.24) is 10.6 Å². The van der Waals surface area contributed by atoms with E-state index in [4.69, 9.17) is 12.2 Å². The minimum absolute atomic E-state index is 0.133. The SMILES string of the molecule is CC1=C(C(=O)Nc2cc(C)ccc2C)C(c2ccc(C(C)C)cc2)NC(=S)N1. The Balaban J connectivity index is 1.95. The van der Waals surface area contributed by atoms with Crippen LogP contribution in [0.25, 0.3) is 0 Å². The Labute approximate surface area is 172 Å². The van der Waals surface area contributed by atoms with Gasteiger partial charge in [0.25, 0.3) is 5.91 Å². The molecule has 1 atom stereocenters. The number of hydrogen-bond donors (Lipinski definition) is 3. The number of allylic oxidation sites excluding steroid dienone is 1. The van der Waals surface area contributed by atoms with Gasteiger partial charge in [0.05, 0.1) is 11.6 Å². The number of aryl methyl sites for hydroxylation is 2. The lowest BCUT2D eigenvalue weighted by molar-refractivity contribution is -0.113. The standard InChI is InChI=1S/C23H27N3OS/c1-13(2)17-8-10-18(11-9-17)21-20(16(5)24-23(28)26-21)22(27)25-19-12-14(3)6-7-15(19)4/h6-13,21H,1-5H3,(H,25,27)(H2,24,26,28). The first-order valence-corrected chi connectivity index (χ1v) is 9.94. The van der Waals surface area contributed by atoms with E-state index in [2.05, 4.69) is 54.1 Å². The summed E-state index contributed by atoms with van der Waals surface area (Å²) in [4.78, 5) is 13.2. The average Bonchev–Trinajstić information content (AvgIpc) is 2.64. The number of carbonyl (C=O) groups is 1. The number of hydrogen-bond acceptors (Lipinski definition) is 2. The molecule has 28 heavy (non-hydrogen) atoms. The molecule has 5 heteroatoms. The molecule has 4 nitrogen and oxygen atoms in total. The van der Waals surface area contributed by atoms with Crippen molar-refractivity contribution in [3.8, 4) is 0 Å². The summed E-state index contributed by atoms with van der Waals surface area (Å²) in [6, 6.07) is 14.1. The maximum Gasteiger partial charge on any atom is 0.255 e. The highest BCUT2D eigenvalue weighted by Crippen LogP contribution is 2.29. The molecule has 0 bridgehead atoms. The molecule has 0 fully saturated rings. The van der Waals surface area contributed by atoms with Crippen LogP contribution in [-0.2, 0) is 4.79 Å². The molecule has 0 saturated carbocycles. The molecule has 3 N–H and O–H groups in total. The third-order valence-corrected chi connectivity index (χ3v) is 5.31. The first kappa shape index (κ1) is 20.1. The van der Waals surface area contributed by atoms with E-state index in [1.165, 1.54) is 5.56 Å². The van der Waals surface area contributed by atoms with Gasteiger partial charge in [-0.2, -0.15) is 0 Å². The molecule has 0 aromatic heterocycles. The fourth-order valence-corrected chi connectivity index (χ4v) is 3.65. The highest BCUT2D eigenvalue weighted by Gasteiger charge is 2.30. The van der Waals surface area contributed by atoms with Crippen LogP contribution in [0.3, 0.4) is 0 Å². The van der Waals surface area contributed by atoms with Crippen LogP contribution in [0.1, 0.15) is 55.0 Å². The van der Waals surface area contributed by atoms with Gasteiger partial charge in [0.1, 0.15) is 0 Å². The molecule has 0 saturated heterocycles. The first-order valence-electron chi connectivity index (χ1n) is 9.53. The van der Waals surface area contributed by atoms with Crippen molar-refractivity contribution in [1.29, 1.82) is 0 Å². The summed E-state index contributed by atoms with van der Waals surface area (Å²) < 4.78 is 0. The number of nitrogens with one attached hydrogen (secondary N) is 3. The zero-order chi connectivity index (χ0) is 20.4. The van der Waals surface area contributed by atoms with Crippen molar-refractivity contribution in [2.24, 2.45) is 0 Å². The maximum absolute atomic E-state index is 13.2. The van der Waals surface area contributed by atoms with Gasteiger partial charge in [-0.15, -0.1) is 0 Å². The lowest BCUT2D eigenvalue weighted by Gasteiger charge is -2.30. The quantitative estimate of drug-likeness (QED) is 0.650. The van der Waals surface area contributed by atoms with Gasteiger partial charge in [0, 0.05) is 11.4 Å². The largest absolute Gasteiger partial charge is 0.351 e. The predicted molar refractivity (Wildman–Crippen MR) is 119 cm³/mol. The molecular weight excluding hydrogens is 366 g/mol. The summed E-state index contributed by atoms with van der Waals surface area (Å²) in [5.74, 6) is 0.326. The smallest absolute Gasteiger partial charge is 0.255 e. The van der Waals surface area contributed by atoms with Gasteiger partial charge < -0.3 is 16.0 Å². The van der Waals surface area contributed by atoms with Crippen LogP contribution < -0.4 is 16.0 Å². The van der Waals surface area contributed by atoms with Crippen LogP contribution in [0.15, 0.2) is 53.7 Å². The Bertz CT molecular complexity index is 945. The number of anilines is 1. The monoisotopic (exact) mass is 393 g/mol. The van der Waals surface area contributed by atoms with E-state index < -0.39 is 0 Å². The van der Waals surface area contributed by atoms with E-state index >= 15 is 0 Å². The summed E-state index contributed by atoms with van der Waals surface area (Å²) >= 11 is 5.35. The van der Waals surface area contributed by atoms with Crippen molar-refractivity contribution in [2.45, 2.75) is 46.6 Å². The van der Waals surface area contributed by atoms with Gasteiger partial charge in [-0.3, -0.25) is 4.79 Å². The summed E-state index contributed by atoms with van der Waals surface area (Å²) in [6.45, 7) is 10.2. The molecule has 1 amide bonds. The highest BCUT2D eigenvalue weighted by atomic mass is 32.1. The molecule has 1 aliphatic rings. The molecule has 0 spiro atoms. The highest BCUT2D eigenvalue weighted by molar-refractivity contribution is 7.80. The Kier molecular flexibility index (Phi) is 5.84. The third kappa shape index (κ3) is 4.25. The van der Waals surface area contributed by atoms with Crippen LogP contribution in [-0.4, -0.2) is 11.0 Å². The topological polar surface area (TPSA) is 53.2 Å². The van der Waals surface area contributed by atoms with E-state index in [-0.39, 0.29) is 11.9 Å². The van der Waals surface area contributed by atoms with Crippen LogP contribution in [0, 0.1) is 13.8 Å². The van der Waals surface area contributed by atoms with Gasteiger partial charge in [0.2, 0.25) is 0 Å². The zero-order valence-corrected chi connectivity index (χ0v) is 17.8. The lowest BCUT2D eigenvalue weighted by atomic mass is 9.92. The molecule has 1 heterocycles. The second-order valence-corrected chi connectivity index (χ2v) is 8.07. The summed E-state index contributed by atoms with van der Waals surface area (Å²) in [5.41, 5.74) is 6.65. The van der Waals surface area contributed by atoms with Crippen LogP contribution in [0.2, 0.25) is 0 Å². The minimum atomic E-state index is -0.292. The van der Waals surface area contributed by atoms with Gasteiger partial charge in [0.15, 0.2) is 5.11 Å². The van der Waals surface area contributed by atoms with Crippen LogP contribution in [0.4, 0.5) is 5.69 Å². The van der Waals surface area contributed by atoms with Gasteiger partial charge in [-0.25, -0.2) is 0 Å². The number of rotatable bonds is 4. The zero-order valence-electron chi connectivity index (χ0n) is 17.0. The van der Waals surface area contributed by atoms with E-state index in [0.717, 1.165) is 28.1 Å². The third-order valence-electron chi connectivity index (χ3n) is 5.09. The van der Waals surface area contributed by atoms with Crippen molar-refractivity contribution >= 4 is 28.9 Å². The van der Waals surface area contributed by atoms with Gasteiger partial charge in [-0.05, 0) is 67.2 Å². The van der Waals surface area contributed by atoms with Gasteiger partial charge in [-0.1, -0.05) is 50.2 Å². The fourth-order valence-electron chi connectivity index (χ4n) is 3.38. The lowest BCUT2D eigenvalue weighted by Crippen LogP contribution is -2.45. The summed E-state index contributed by atoms with van der Waals surface area (Å²) in [5, 5.41) is 9.95. The Hall–Kier alpha value is -2.66. The van der Waals surface area contributed by atoms with E-state index in [0.29, 0.717) is 16.6 Å².